The summed E-state index contributed by atoms with van der Waals surface area (Å²) in [5.41, 5.74) is 6.68. The first-order valence-corrected chi connectivity index (χ1v) is 6.40. The van der Waals surface area contributed by atoms with E-state index in [0.717, 1.165) is 26.1 Å². The number of carbonyl (C=O) groups excluding carboxylic acids is 1. The highest BCUT2D eigenvalue weighted by atomic mass is 16.1. The summed E-state index contributed by atoms with van der Waals surface area (Å²) < 4.78 is 0. The van der Waals surface area contributed by atoms with Crippen LogP contribution in [0.15, 0.2) is 18.5 Å². The molecule has 18 heavy (non-hydrogen) atoms. The van der Waals surface area contributed by atoms with E-state index in [1.165, 1.54) is 6.20 Å². The van der Waals surface area contributed by atoms with Crippen molar-refractivity contribution in [3.8, 4) is 0 Å². The number of rotatable bonds is 4. The number of aromatic nitrogens is 1. The molecule has 0 bridgehead atoms. The predicted octanol–water partition coefficient (Wildman–Crippen LogP) is 0.735. The minimum atomic E-state index is -0.129. The Morgan fingerprint density at radius 3 is 3.17 bits per heavy atom. The quantitative estimate of drug-likeness (QED) is 0.824. The summed E-state index contributed by atoms with van der Waals surface area (Å²) in [6, 6.07) is 1.64. The molecule has 2 rings (SSSR count). The number of pyridine rings is 1. The Morgan fingerprint density at radius 1 is 1.67 bits per heavy atom. The molecule has 0 unspecified atom stereocenters. The Morgan fingerprint density at radius 2 is 2.50 bits per heavy atom. The van der Waals surface area contributed by atoms with E-state index in [9.17, 15) is 4.79 Å². The van der Waals surface area contributed by atoms with Crippen LogP contribution >= 0.6 is 0 Å². The van der Waals surface area contributed by atoms with Crippen molar-refractivity contribution < 1.29 is 4.79 Å². The van der Waals surface area contributed by atoms with Crippen molar-refractivity contribution in [3.05, 3.63) is 24.0 Å². The number of amides is 1. The molecule has 1 aromatic rings. The molecule has 1 aliphatic heterocycles. The zero-order chi connectivity index (χ0) is 13.0. The average Bonchev–Trinajstić information content (AvgIpc) is 2.84. The summed E-state index contributed by atoms with van der Waals surface area (Å²) in [5.74, 6) is 0.419. The lowest BCUT2D eigenvalue weighted by molar-refractivity contribution is 0.0948. The minimum Gasteiger partial charge on any atom is -0.398 e. The van der Waals surface area contributed by atoms with Crippen LogP contribution in [0, 0.1) is 5.92 Å². The fraction of sp³-hybridized carbons (Fsp3) is 0.538. The molecule has 5 heteroatoms. The van der Waals surface area contributed by atoms with Gasteiger partial charge in [0.2, 0.25) is 0 Å². The summed E-state index contributed by atoms with van der Waals surface area (Å²) >= 11 is 0. The first-order valence-electron chi connectivity index (χ1n) is 6.40. The number of carbonyl (C=O) groups is 1. The van der Waals surface area contributed by atoms with Crippen LogP contribution in [0.4, 0.5) is 5.69 Å². The van der Waals surface area contributed by atoms with Crippen LogP contribution < -0.4 is 11.1 Å². The van der Waals surface area contributed by atoms with E-state index in [-0.39, 0.29) is 5.91 Å². The van der Waals surface area contributed by atoms with Crippen LogP contribution in [0.5, 0.6) is 0 Å². The van der Waals surface area contributed by atoms with Crippen molar-refractivity contribution in [1.82, 2.24) is 15.2 Å². The molecule has 0 spiro atoms. The van der Waals surface area contributed by atoms with Gasteiger partial charge in [-0.25, -0.2) is 0 Å². The highest BCUT2D eigenvalue weighted by Crippen LogP contribution is 2.15. The second-order valence-corrected chi connectivity index (χ2v) is 4.72. The largest absolute Gasteiger partial charge is 0.398 e. The zero-order valence-corrected chi connectivity index (χ0v) is 10.7. The van der Waals surface area contributed by atoms with E-state index in [1.807, 2.05) is 0 Å². The van der Waals surface area contributed by atoms with Gasteiger partial charge in [-0.15, -0.1) is 0 Å². The summed E-state index contributed by atoms with van der Waals surface area (Å²) in [5, 5.41) is 2.94. The van der Waals surface area contributed by atoms with Gasteiger partial charge in [0.05, 0.1) is 5.56 Å². The van der Waals surface area contributed by atoms with Crippen molar-refractivity contribution in [2.24, 2.45) is 5.92 Å². The summed E-state index contributed by atoms with van der Waals surface area (Å²) in [6.45, 7) is 6.16. The van der Waals surface area contributed by atoms with E-state index < -0.39 is 0 Å². The van der Waals surface area contributed by atoms with Gasteiger partial charge in [0.1, 0.15) is 0 Å². The predicted molar refractivity (Wildman–Crippen MR) is 71.2 cm³/mol. The fourth-order valence-electron chi connectivity index (χ4n) is 2.29. The highest BCUT2D eigenvalue weighted by Gasteiger charge is 2.21. The van der Waals surface area contributed by atoms with Crippen LogP contribution in [0.1, 0.15) is 23.7 Å². The Labute approximate surface area is 107 Å². The molecular weight excluding hydrogens is 228 g/mol. The van der Waals surface area contributed by atoms with Crippen LogP contribution in [-0.2, 0) is 0 Å². The maximum Gasteiger partial charge on any atom is 0.254 e. The summed E-state index contributed by atoms with van der Waals surface area (Å²) in [4.78, 5) is 18.2. The van der Waals surface area contributed by atoms with Gasteiger partial charge < -0.3 is 16.0 Å². The molecule has 1 aliphatic rings. The number of nitrogens with zero attached hydrogens (tertiary/aromatic N) is 2. The summed E-state index contributed by atoms with van der Waals surface area (Å²) in [6.07, 6.45) is 4.25. The lowest BCUT2D eigenvalue weighted by atomic mass is 10.1. The van der Waals surface area contributed by atoms with Gasteiger partial charge in [0.15, 0.2) is 0 Å². The van der Waals surface area contributed by atoms with Crippen molar-refractivity contribution in [2.45, 2.75) is 13.3 Å². The number of nitrogens with two attached hydrogens (primary N) is 1. The van der Waals surface area contributed by atoms with Crippen molar-refractivity contribution >= 4 is 11.6 Å². The first kappa shape index (κ1) is 12.8. The Balaban J connectivity index is 1.84. The summed E-state index contributed by atoms with van der Waals surface area (Å²) in [7, 11) is 0. The van der Waals surface area contributed by atoms with Gasteiger partial charge in [0.25, 0.3) is 5.91 Å². The monoisotopic (exact) mass is 248 g/mol. The first-order chi connectivity index (χ1) is 8.70. The fourth-order valence-corrected chi connectivity index (χ4v) is 2.29. The van der Waals surface area contributed by atoms with E-state index in [1.54, 1.807) is 12.3 Å². The SMILES string of the molecule is CCN1CC[C@H](CNC(=O)c2cnccc2N)C1. The van der Waals surface area contributed by atoms with E-state index in [2.05, 4.69) is 22.1 Å². The lowest BCUT2D eigenvalue weighted by Crippen LogP contribution is -2.31. The molecule has 98 valence electrons. The maximum atomic E-state index is 11.9. The molecule has 0 aliphatic carbocycles. The molecule has 0 saturated carbocycles. The van der Waals surface area contributed by atoms with Crippen LogP contribution in [0.3, 0.4) is 0 Å². The molecule has 1 saturated heterocycles. The molecule has 0 aromatic carbocycles. The second kappa shape index (κ2) is 5.82. The number of hydrogen-bond acceptors (Lipinski definition) is 4. The van der Waals surface area contributed by atoms with Crippen LogP contribution in [0.2, 0.25) is 0 Å². The van der Waals surface area contributed by atoms with Gasteiger partial charge in [-0.2, -0.15) is 0 Å². The third-order valence-corrected chi connectivity index (χ3v) is 3.47. The Hall–Kier alpha value is -1.62. The minimum absolute atomic E-state index is 0.129. The van der Waals surface area contributed by atoms with Crippen molar-refractivity contribution in [1.29, 1.82) is 0 Å². The Bertz CT molecular complexity index is 421. The molecule has 5 nitrogen and oxygen atoms in total. The van der Waals surface area contributed by atoms with E-state index in [4.69, 9.17) is 5.73 Å². The molecule has 2 heterocycles. The number of likely N-dealkylation sites (tertiary alicyclic amines) is 1. The average molecular weight is 248 g/mol. The number of nitrogens with one attached hydrogen (secondary N) is 1. The smallest absolute Gasteiger partial charge is 0.254 e. The second-order valence-electron chi connectivity index (χ2n) is 4.72. The number of hydrogen-bond donors (Lipinski definition) is 2. The van der Waals surface area contributed by atoms with E-state index >= 15 is 0 Å². The van der Waals surface area contributed by atoms with Crippen molar-refractivity contribution in [2.75, 3.05) is 31.9 Å². The van der Waals surface area contributed by atoms with Gasteiger partial charge in [-0.3, -0.25) is 9.78 Å². The number of nitrogen functional groups attached to an aromatic ring is 1. The van der Waals surface area contributed by atoms with Gasteiger partial charge in [-0.1, -0.05) is 6.92 Å². The molecule has 1 fully saturated rings. The number of anilines is 1. The molecule has 3 N–H and O–H groups in total. The molecule has 1 atom stereocenters. The normalized spacial score (nSPS) is 19.9. The molecule has 1 amide bonds. The molecule has 0 radical (unpaired) electrons. The topological polar surface area (TPSA) is 71.2 Å². The standard InChI is InChI=1S/C13H20N4O/c1-2-17-6-4-10(9-17)7-16-13(18)11-8-15-5-3-12(11)14/h3,5,8,10H,2,4,6-7,9H2,1H3,(H2,14,15)(H,16,18)/t10-/m1/s1. The van der Waals surface area contributed by atoms with Crippen LogP contribution in [0.25, 0.3) is 0 Å². The van der Waals surface area contributed by atoms with E-state index in [0.29, 0.717) is 23.7 Å². The lowest BCUT2D eigenvalue weighted by Gasteiger charge is -2.14. The molecule has 1 aromatic heterocycles. The maximum absolute atomic E-state index is 11.9. The zero-order valence-electron chi connectivity index (χ0n) is 10.7. The van der Waals surface area contributed by atoms with Gasteiger partial charge in [-0.05, 0) is 31.5 Å². The highest BCUT2D eigenvalue weighted by molar-refractivity contribution is 5.98. The van der Waals surface area contributed by atoms with Crippen LogP contribution in [-0.4, -0.2) is 42.0 Å². The third-order valence-electron chi connectivity index (χ3n) is 3.47. The van der Waals surface area contributed by atoms with Gasteiger partial charge in [0, 0.05) is 31.2 Å². The van der Waals surface area contributed by atoms with Gasteiger partial charge >= 0.3 is 0 Å². The third kappa shape index (κ3) is 2.98. The Kier molecular flexibility index (Phi) is 4.15. The van der Waals surface area contributed by atoms with Crippen molar-refractivity contribution in [3.63, 3.8) is 0 Å². The molecular formula is C13H20N4O.